The first kappa shape index (κ1) is 29.3. The molecule has 220 valence electrons. The molecule has 2 saturated heterocycles. The van der Waals surface area contributed by atoms with Crippen molar-refractivity contribution >= 4 is 32.5 Å². The summed E-state index contributed by atoms with van der Waals surface area (Å²) in [4.78, 5) is 24.4. The monoisotopic (exact) mass is 587 g/mol. The number of piperidine rings is 1. The molecule has 0 radical (unpaired) electrons. The van der Waals surface area contributed by atoms with Crippen LogP contribution in [0.3, 0.4) is 0 Å². The fourth-order valence-electron chi connectivity index (χ4n) is 5.55. The average Bonchev–Trinajstić information content (AvgIpc) is 2.92. The van der Waals surface area contributed by atoms with Gasteiger partial charge in [-0.25, -0.2) is 26.5 Å². The molecular weight excluding hydrogens is 552 g/mol. The summed E-state index contributed by atoms with van der Waals surface area (Å²) in [5.41, 5.74) is 2.43. The van der Waals surface area contributed by atoms with Gasteiger partial charge < -0.3 is 15.0 Å². The molecule has 1 amide bonds. The SMILES string of the molecule is C[C@@H]1CN(c2cccc(-c3ccc4cnc(CC(=O)NC5CCN(S(=O)(=O)CC(F)F)CC5)cc4c3)n2)C[C@H](C)O1. The molecule has 2 aromatic heterocycles. The Morgan fingerprint density at radius 3 is 2.51 bits per heavy atom. The summed E-state index contributed by atoms with van der Waals surface area (Å²) < 4.78 is 56.2. The van der Waals surface area contributed by atoms with E-state index in [1.807, 2.05) is 42.5 Å². The molecule has 0 saturated carbocycles. The summed E-state index contributed by atoms with van der Waals surface area (Å²) in [5, 5.41) is 4.83. The second-order valence-electron chi connectivity index (χ2n) is 10.9. The van der Waals surface area contributed by atoms with E-state index in [0.29, 0.717) is 18.5 Å². The normalized spacial score (nSPS) is 21.0. The van der Waals surface area contributed by atoms with E-state index in [9.17, 15) is 22.0 Å². The Morgan fingerprint density at radius 1 is 1.07 bits per heavy atom. The third-order valence-corrected chi connectivity index (χ3v) is 9.27. The fourth-order valence-corrected chi connectivity index (χ4v) is 6.85. The van der Waals surface area contributed by atoms with Crippen molar-refractivity contribution in [3.05, 3.63) is 54.4 Å². The minimum absolute atomic E-state index is 0.0746. The number of sulfonamides is 1. The first-order valence-corrected chi connectivity index (χ1v) is 15.5. The van der Waals surface area contributed by atoms with E-state index in [2.05, 4.69) is 29.0 Å². The maximum Gasteiger partial charge on any atom is 0.253 e. The molecule has 1 aromatic carbocycles. The van der Waals surface area contributed by atoms with E-state index < -0.39 is 22.2 Å². The Bertz CT molecular complexity index is 1490. The van der Waals surface area contributed by atoms with Crippen LogP contribution in [-0.2, 0) is 26.0 Å². The molecule has 0 bridgehead atoms. The van der Waals surface area contributed by atoms with E-state index in [0.717, 1.165) is 45.2 Å². The van der Waals surface area contributed by atoms with Gasteiger partial charge >= 0.3 is 0 Å². The highest BCUT2D eigenvalue weighted by molar-refractivity contribution is 7.89. The highest BCUT2D eigenvalue weighted by Crippen LogP contribution is 2.27. The van der Waals surface area contributed by atoms with E-state index in [-0.39, 0.29) is 43.7 Å². The number of alkyl halides is 2. The Hall–Kier alpha value is -3.22. The second-order valence-corrected chi connectivity index (χ2v) is 12.9. The number of pyridine rings is 2. The number of carbonyl (C=O) groups is 1. The van der Waals surface area contributed by atoms with Gasteiger partial charge in [0.1, 0.15) is 11.6 Å². The van der Waals surface area contributed by atoms with Crippen LogP contribution in [-0.4, -0.2) is 85.2 Å². The summed E-state index contributed by atoms with van der Waals surface area (Å²) in [6.45, 7) is 5.92. The fraction of sp³-hybridized carbons (Fsp3) is 0.483. The Balaban J connectivity index is 1.23. The van der Waals surface area contributed by atoms with Crippen LogP contribution in [0.2, 0.25) is 0 Å². The third kappa shape index (κ3) is 7.35. The van der Waals surface area contributed by atoms with Crippen molar-refractivity contribution in [1.82, 2.24) is 19.6 Å². The lowest BCUT2D eigenvalue weighted by Gasteiger charge is -2.36. The van der Waals surface area contributed by atoms with Crippen molar-refractivity contribution in [2.24, 2.45) is 0 Å². The zero-order chi connectivity index (χ0) is 29.1. The number of ether oxygens (including phenoxy) is 1. The molecule has 2 aliphatic heterocycles. The van der Waals surface area contributed by atoms with Crippen LogP contribution >= 0.6 is 0 Å². The minimum Gasteiger partial charge on any atom is -0.372 e. The number of anilines is 1. The van der Waals surface area contributed by atoms with Crippen molar-refractivity contribution in [2.75, 3.05) is 36.8 Å². The number of aromatic nitrogens is 2. The quantitative estimate of drug-likeness (QED) is 0.429. The molecule has 3 aromatic rings. The molecule has 0 unspecified atom stereocenters. The van der Waals surface area contributed by atoms with E-state index in [4.69, 9.17) is 9.72 Å². The van der Waals surface area contributed by atoms with E-state index >= 15 is 0 Å². The summed E-state index contributed by atoms with van der Waals surface area (Å²) >= 11 is 0. The lowest BCUT2D eigenvalue weighted by Crippen LogP contribution is -2.47. The van der Waals surface area contributed by atoms with Crippen LogP contribution in [0.1, 0.15) is 32.4 Å². The van der Waals surface area contributed by atoms with Crippen molar-refractivity contribution in [2.45, 2.75) is 57.8 Å². The molecule has 4 heterocycles. The largest absolute Gasteiger partial charge is 0.372 e. The van der Waals surface area contributed by atoms with Crippen LogP contribution in [0.15, 0.2) is 48.7 Å². The highest BCUT2D eigenvalue weighted by Gasteiger charge is 2.31. The lowest BCUT2D eigenvalue weighted by atomic mass is 10.0. The van der Waals surface area contributed by atoms with Gasteiger partial charge in [0.05, 0.1) is 30.0 Å². The van der Waals surface area contributed by atoms with Gasteiger partial charge in [0.15, 0.2) is 0 Å². The van der Waals surface area contributed by atoms with Crippen molar-refractivity contribution < 1.29 is 26.7 Å². The molecule has 5 rings (SSSR count). The van der Waals surface area contributed by atoms with Crippen LogP contribution in [0, 0.1) is 0 Å². The number of hydrogen-bond donors (Lipinski definition) is 1. The number of benzene rings is 1. The first-order valence-electron chi connectivity index (χ1n) is 13.9. The van der Waals surface area contributed by atoms with Gasteiger partial charge in [-0.3, -0.25) is 9.78 Å². The van der Waals surface area contributed by atoms with Crippen molar-refractivity contribution in [1.29, 1.82) is 0 Å². The minimum atomic E-state index is -3.99. The number of fused-ring (bicyclic) bond motifs is 1. The number of rotatable bonds is 8. The number of hydrogen-bond acceptors (Lipinski definition) is 7. The third-order valence-electron chi connectivity index (χ3n) is 7.44. The van der Waals surface area contributed by atoms with Gasteiger partial charge in [-0.15, -0.1) is 0 Å². The molecular formula is C29H35F2N5O4S. The van der Waals surface area contributed by atoms with Crippen molar-refractivity contribution in [3.63, 3.8) is 0 Å². The highest BCUT2D eigenvalue weighted by atomic mass is 32.2. The van der Waals surface area contributed by atoms with Gasteiger partial charge in [-0.05, 0) is 56.3 Å². The number of halogens is 2. The number of nitrogens with one attached hydrogen (secondary N) is 1. The van der Waals surface area contributed by atoms with Crippen LogP contribution in [0.4, 0.5) is 14.6 Å². The second kappa shape index (κ2) is 12.3. The van der Waals surface area contributed by atoms with Crippen LogP contribution < -0.4 is 10.2 Å². The summed E-state index contributed by atoms with van der Waals surface area (Å²) in [6, 6.07) is 13.7. The smallest absolute Gasteiger partial charge is 0.253 e. The maximum atomic E-state index is 12.8. The van der Waals surface area contributed by atoms with E-state index in [1.165, 1.54) is 0 Å². The first-order chi connectivity index (χ1) is 19.6. The Kier molecular flexibility index (Phi) is 8.81. The van der Waals surface area contributed by atoms with Crippen LogP contribution in [0.25, 0.3) is 22.0 Å². The van der Waals surface area contributed by atoms with E-state index in [1.54, 1.807) is 6.20 Å². The molecule has 12 heteroatoms. The van der Waals surface area contributed by atoms with Gasteiger partial charge in [-0.1, -0.05) is 18.2 Å². The summed E-state index contributed by atoms with van der Waals surface area (Å²) in [6.07, 6.45) is -0.0783. The number of amides is 1. The van der Waals surface area contributed by atoms with Crippen molar-refractivity contribution in [3.8, 4) is 11.3 Å². The topological polar surface area (TPSA) is 105 Å². The summed E-state index contributed by atoms with van der Waals surface area (Å²) in [5.74, 6) is -0.479. The standard InChI is InChI=1S/C29H35F2N5O4S/c1-19-16-35(17-20(2)40-19)28-5-3-4-26(34-28)21-6-7-22-15-32-25(13-23(22)12-21)14-29(37)33-24-8-10-36(11-9-24)41(38,39)18-27(30)31/h3-7,12-13,15,19-20,24,27H,8-11,14,16-18H2,1-2H3,(H,33,37)/t19-,20+. The summed E-state index contributed by atoms with van der Waals surface area (Å²) in [7, 11) is -3.99. The number of morpholine rings is 1. The zero-order valence-corrected chi connectivity index (χ0v) is 24.0. The van der Waals surface area contributed by atoms with Gasteiger partial charge in [0.25, 0.3) is 6.43 Å². The average molecular weight is 588 g/mol. The molecule has 41 heavy (non-hydrogen) atoms. The van der Waals surface area contributed by atoms with Gasteiger partial charge in [0.2, 0.25) is 15.9 Å². The lowest BCUT2D eigenvalue weighted by molar-refractivity contribution is -0.121. The number of carbonyl (C=O) groups excluding carboxylic acids is 1. The van der Waals surface area contributed by atoms with Gasteiger partial charge in [0, 0.05) is 49.4 Å². The molecule has 9 nitrogen and oxygen atoms in total. The Morgan fingerprint density at radius 2 is 1.80 bits per heavy atom. The zero-order valence-electron chi connectivity index (χ0n) is 23.2. The molecule has 2 fully saturated rings. The predicted octanol–water partition coefficient (Wildman–Crippen LogP) is 3.63. The molecule has 2 atom stereocenters. The molecule has 1 N–H and O–H groups in total. The van der Waals surface area contributed by atoms with Gasteiger partial charge in [-0.2, -0.15) is 0 Å². The molecule has 0 spiro atoms. The predicted molar refractivity (Wildman–Crippen MR) is 153 cm³/mol. The Labute approximate surface area is 239 Å². The molecule has 0 aliphatic carbocycles. The molecule has 2 aliphatic rings. The maximum absolute atomic E-state index is 12.8. The van der Waals surface area contributed by atoms with Crippen LogP contribution in [0.5, 0.6) is 0 Å². The number of nitrogens with zero attached hydrogens (tertiary/aromatic N) is 4.